The Hall–Kier alpha value is -2.07. The molecule has 104 valence electrons. The summed E-state index contributed by atoms with van der Waals surface area (Å²) in [5.41, 5.74) is 1.80. The van der Waals surface area contributed by atoms with Crippen molar-refractivity contribution in [2.75, 3.05) is 26.7 Å². The van der Waals surface area contributed by atoms with Crippen molar-refractivity contribution in [1.82, 2.24) is 9.80 Å². The van der Waals surface area contributed by atoms with Crippen molar-refractivity contribution >= 4 is 5.91 Å². The van der Waals surface area contributed by atoms with E-state index in [1.165, 1.54) is 11.8 Å². The maximum Gasteiger partial charge on any atom is 0.257 e. The van der Waals surface area contributed by atoms with Gasteiger partial charge in [-0.15, -0.1) is 0 Å². The van der Waals surface area contributed by atoms with Gasteiger partial charge in [-0.3, -0.25) is 4.79 Å². The first-order valence-corrected chi connectivity index (χ1v) is 6.82. The predicted molar refractivity (Wildman–Crippen MR) is 76.4 cm³/mol. The van der Waals surface area contributed by atoms with Crippen LogP contribution in [0, 0.1) is 0 Å². The van der Waals surface area contributed by atoms with E-state index >= 15 is 0 Å². The lowest BCUT2D eigenvalue weighted by molar-refractivity contribution is 0.0497. The van der Waals surface area contributed by atoms with E-state index in [2.05, 4.69) is 24.1 Å². The zero-order valence-electron chi connectivity index (χ0n) is 11.5. The fraction of sp³-hybridized carbons (Fsp3) is 0.312. The summed E-state index contributed by atoms with van der Waals surface area (Å²) in [6, 6.07) is 12.0. The Labute approximate surface area is 118 Å². The van der Waals surface area contributed by atoms with Gasteiger partial charge in [0.05, 0.1) is 17.9 Å². The molecular weight excluding hydrogens is 252 g/mol. The summed E-state index contributed by atoms with van der Waals surface area (Å²) in [6.07, 6.45) is 3.06. The van der Waals surface area contributed by atoms with Crippen LogP contribution in [0.4, 0.5) is 0 Å². The van der Waals surface area contributed by atoms with Crippen LogP contribution in [-0.2, 0) is 0 Å². The second-order valence-electron chi connectivity index (χ2n) is 5.20. The maximum absolute atomic E-state index is 12.6. The van der Waals surface area contributed by atoms with Crippen LogP contribution in [0.15, 0.2) is 53.3 Å². The minimum atomic E-state index is 0.0423. The molecule has 1 aromatic heterocycles. The molecule has 0 saturated carbocycles. The van der Waals surface area contributed by atoms with Gasteiger partial charge in [0.15, 0.2) is 0 Å². The molecule has 1 unspecified atom stereocenters. The van der Waals surface area contributed by atoms with E-state index in [-0.39, 0.29) is 11.9 Å². The smallest absolute Gasteiger partial charge is 0.257 e. The number of rotatable bonds is 2. The van der Waals surface area contributed by atoms with Crippen LogP contribution in [0.5, 0.6) is 0 Å². The fourth-order valence-corrected chi connectivity index (χ4v) is 2.67. The third kappa shape index (κ3) is 2.47. The molecule has 0 aliphatic carbocycles. The molecule has 3 rings (SSSR count). The number of benzene rings is 1. The van der Waals surface area contributed by atoms with Gasteiger partial charge in [-0.2, -0.15) is 0 Å². The van der Waals surface area contributed by atoms with Gasteiger partial charge >= 0.3 is 0 Å². The topological polar surface area (TPSA) is 36.7 Å². The van der Waals surface area contributed by atoms with Crippen LogP contribution in [0.2, 0.25) is 0 Å². The predicted octanol–water partition coefficient (Wildman–Crippen LogP) is 2.41. The van der Waals surface area contributed by atoms with Crippen LogP contribution >= 0.6 is 0 Å². The highest BCUT2D eigenvalue weighted by Crippen LogP contribution is 2.26. The van der Waals surface area contributed by atoms with Crippen LogP contribution < -0.4 is 0 Å². The van der Waals surface area contributed by atoms with Crippen molar-refractivity contribution < 1.29 is 9.21 Å². The molecule has 1 aliphatic rings. The first kappa shape index (κ1) is 12.9. The Balaban J connectivity index is 1.89. The Morgan fingerprint density at radius 1 is 1.20 bits per heavy atom. The molecule has 1 fully saturated rings. The first-order chi connectivity index (χ1) is 9.75. The summed E-state index contributed by atoms with van der Waals surface area (Å²) in [5.74, 6) is 0.0423. The molecule has 1 aliphatic heterocycles. The zero-order chi connectivity index (χ0) is 13.9. The number of furan rings is 1. The van der Waals surface area contributed by atoms with Crippen molar-refractivity contribution in [3.63, 3.8) is 0 Å². The fourth-order valence-electron chi connectivity index (χ4n) is 2.67. The highest BCUT2D eigenvalue weighted by molar-refractivity contribution is 5.94. The van der Waals surface area contributed by atoms with Crippen molar-refractivity contribution in [2.45, 2.75) is 6.04 Å². The number of likely N-dealkylation sites (N-methyl/N-ethyl adjacent to an activating group) is 1. The van der Waals surface area contributed by atoms with Gasteiger partial charge in [0, 0.05) is 19.6 Å². The molecule has 2 aromatic rings. The van der Waals surface area contributed by atoms with Crippen molar-refractivity contribution in [3.8, 4) is 0 Å². The quantitative estimate of drug-likeness (QED) is 0.841. The molecule has 2 heterocycles. The third-order valence-electron chi connectivity index (χ3n) is 3.80. The molecule has 1 saturated heterocycles. The van der Waals surface area contributed by atoms with Gasteiger partial charge in [-0.05, 0) is 18.7 Å². The number of carbonyl (C=O) groups is 1. The molecule has 0 bridgehead atoms. The van der Waals surface area contributed by atoms with E-state index in [4.69, 9.17) is 4.42 Å². The highest BCUT2D eigenvalue weighted by Gasteiger charge is 2.31. The van der Waals surface area contributed by atoms with Gasteiger partial charge in [-0.25, -0.2) is 0 Å². The summed E-state index contributed by atoms with van der Waals surface area (Å²) < 4.78 is 5.03. The summed E-state index contributed by atoms with van der Waals surface area (Å²) in [7, 11) is 2.09. The van der Waals surface area contributed by atoms with E-state index in [1.807, 2.05) is 23.1 Å². The lowest BCUT2D eigenvalue weighted by atomic mass is 10.0. The Morgan fingerprint density at radius 2 is 2.00 bits per heavy atom. The third-order valence-corrected chi connectivity index (χ3v) is 3.80. The number of nitrogens with zero attached hydrogens (tertiary/aromatic N) is 2. The number of amides is 1. The van der Waals surface area contributed by atoms with Gasteiger partial charge in [-0.1, -0.05) is 30.3 Å². The summed E-state index contributed by atoms with van der Waals surface area (Å²) in [6.45, 7) is 2.49. The standard InChI is InChI=1S/C16H18N2O2/c1-17-8-9-18(16(19)14-7-10-20-12-14)15(11-17)13-5-3-2-4-6-13/h2-7,10,12,15H,8-9,11H2,1H3. The minimum Gasteiger partial charge on any atom is -0.472 e. The van der Waals surface area contributed by atoms with E-state index < -0.39 is 0 Å². The van der Waals surface area contributed by atoms with Crippen molar-refractivity contribution in [1.29, 1.82) is 0 Å². The van der Waals surface area contributed by atoms with Crippen molar-refractivity contribution in [2.24, 2.45) is 0 Å². The second-order valence-corrected chi connectivity index (χ2v) is 5.20. The summed E-state index contributed by atoms with van der Waals surface area (Å²) in [5, 5.41) is 0. The van der Waals surface area contributed by atoms with E-state index in [1.54, 1.807) is 12.3 Å². The molecule has 1 amide bonds. The Morgan fingerprint density at radius 3 is 2.70 bits per heavy atom. The molecule has 0 N–H and O–H groups in total. The van der Waals surface area contributed by atoms with Crippen LogP contribution in [0.1, 0.15) is 22.0 Å². The van der Waals surface area contributed by atoms with Crippen molar-refractivity contribution in [3.05, 3.63) is 60.1 Å². The highest BCUT2D eigenvalue weighted by atomic mass is 16.3. The Bertz CT molecular complexity index is 565. The number of carbonyl (C=O) groups excluding carboxylic acids is 1. The molecular formula is C16H18N2O2. The molecule has 4 nitrogen and oxygen atoms in total. The summed E-state index contributed by atoms with van der Waals surface area (Å²) in [4.78, 5) is 16.8. The monoisotopic (exact) mass is 270 g/mol. The number of piperazine rings is 1. The van der Waals surface area contributed by atoms with Gasteiger partial charge in [0.2, 0.25) is 0 Å². The van der Waals surface area contributed by atoms with E-state index in [9.17, 15) is 4.79 Å². The van der Waals surface area contributed by atoms with E-state index in [0.29, 0.717) is 5.56 Å². The first-order valence-electron chi connectivity index (χ1n) is 6.82. The lowest BCUT2D eigenvalue weighted by Crippen LogP contribution is -2.49. The molecule has 0 radical (unpaired) electrons. The number of hydrogen-bond acceptors (Lipinski definition) is 3. The minimum absolute atomic E-state index is 0.0423. The maximum atomic E-state index is 12.6. The zero-order valence-corrected chi connectivity index (χ0v) is 11.5. The molecule has 4 heteroatoms. The summed E-state index contributed by atoms with van der Waals surface area (Å²) >= 11 is 0. The molecule has 1 aromatic carbocycles. The average molecular weight is 270 g/mol. The molecule has 20 heavy (non-hydrogen) atoms. The van der Waals surface area contributed by atoms with E-state index in [0.717, 1.165) is 19.6 Å². The second kappa shape index (κ2) is 5.51. The number of hydrogen-bond donors (Lipinski definition) is 0. The van der Waals surface area contributed by atoms with Gasteiger partial charge in [0.1, 0.15) is 6.26 Å². The molecule has 1 atom stereocenters. The van der Waals surface area contributed by atoms with Gasteiger partial charge in [0.25, 0.3) is 5.91 Å². The molecule has 0 spiro atoms. The van der Waals surface area contributed by atoms with Crippen LogP contribution in [0.3, 0.4) is 0 Å². The Kier molecular flexibility index (Phi) is 3.56. The normalized spacial score (nSPS) is 20.1. The van der Waals surface area contributed by atoms with Crippen LogP contribution in [-0.4, -0.2) is 42.4 Å². The average Bonchev–Trinajstić information content (AvgIpc) is 3.02. The largest absolute Gasteiger partial charge is 0.472 e. The lowest BCUT2D eigenvalue weighted by Gasteiger charge is -2.40. The SMILES string of the molecule is CN1CCN(C(=O)c2ccoc2)C(c2ccccc2)C1. The van der Waals surface area contributed by atoms with Crippen LogP contribution in [0.25, 0.3) is 0 Å². The van der Waals surface area contributed by atoms with Gasteiger partial charge < -0.3 is 14.2 Å².